The first-order valence-corrected chi connectivity index (χ1v) is 6.83. The maximum Gasteiger partial charge on any atom is 0.254 e. The molecule has 0 saturated heterocycles. The topological polar surface area (TPSA) is 20.3 Å². The van der Waals surface area contributed by atoms with Crippen LogP contribution < -0.4 is 0 Å². The van der Waals surface area contributed by atoms with Crippen LogP contribution in [0.4, 0.5) is 13.2 Å². The summed E-state index contributed by atoms with van der Waals surface area (Å²) in [5, 5.41) is 0. The predicted octanol–water partition coefficient (Wildman–Crippen LogP) is 3.92. The highest BCUT2D eigenvalue weighted by molar-refractivity contribution is 5.94. The molecule has 114 valence electrons. The van der Waals surface area contributed by atoms with Gasteiger partial charge in [-0.05, 0) is 24.0 Å². The van der Waals surface area contributed by atoms with Crippen LogP contribution in [0.2, 0.25) is 0 Å². The van der Waals surface area contributed by atoms with E-state index in [2.05, 4.69) is 20.8 Å². The van der Waals surface area contributed by atoms with Gasteiger partial charge < -0.3 is 4.90 Å². The number of halogens is 3. The average molecular weight is 297 g/mol. The summed E-state index contributed by atoms with van der Waals surface area (Å²) in [7, 11) is 0. The molecule has 0 spiro atoms. The Bertz CT molecular complexity index is 579. The Labute approximate surface area is 122 Å². The van der Waals surface area contributed by atoms with Gasteiger partial charge in [0.2, 0.25) is 0 Å². The fourth-order valence-corrected chi connectivity index (χ4v) is 2.40. The lowest BCUT2D eigenvalue weighted by Crippen LogP contribution is -2.36. The van der Waals surface area contributed by atoms with Crippen molar-refractivity contribution < 1.29 is 18.0 Å². The van der Waals surface area contributed by atoms with Gasteiger partial charge in [0.05, 0.1) is 0 Å². The molecule has 0 radical (unpaired) electrons. The van der Waals surface area contributed by atoms with Gasteiger partial charge in [0.25, 0.3) is 5.91 Å². The molecule has 0 bridgehead atoms. The summed E-state index contributed by atoms with van der Waals surface area (Å²) in [6.07, 6.45) is 2.69. The first kappa shape index (κ1) is 15.6. The molecule has 1 aliphatic rings. The van der Waals surface area contributed by atoms with Crippen molar-refractivity contribution in [2.24, 2.45) is 5.41 Å². The predicted molar refractivity (Wildman–Crippen MR) is 74.4 cm³/mol. The third kappa shape index (κ3) is 3.28. The van der Waals surface area contributed by atoms with Crippen molar-refractivity contribution in [2.75, 3.05) is 13.1 Å². The van der Waals surface area contributed by atoms with Crippen LogP contribution in [0.5, 0.6) is 0 Å². The molecule has 0 aromatic heterocycles. The van der Waals surface area contributed by atoms with Crippen LogP contribution in [-0.2, 0) is 0 Å². The van der Waals surface area contributed by atoms with Gasteiger partial charge in [0.15, 0.2) is 17.5 Å². The summed E-state index contributed by atoms with van der Waals surface area (Å²) in [5.41, 5.74) is 1.13. The number of carbonyl (C=O) groups excluding carboxylic acids is 1. The van der Waals surface area contributed by atoms with Gasteiger partial charge in [-0.25, -0.2) is 13.2 Å². The van der Waals surface area contributed by atoms with Crippen molar-refractivity contribution in [2.45, 2.75) is 27.2 Å². The molecule has 2 rings (SSSR count). The number of benzene rings is 1. The third-order valence-corrected chi connectivity index (χ3v) is 3.69. The van der Waals surface area contributed by atoms with E-state index in [0.29, 0.717) is 13.1 Å². The molecule has 1 aromatic carbocycles. The molecular weight excluding hydrogens is 279 g/mol. The molecule has 1 heterocycles. The monoisotopic (exact) mass is 297 g/mol. The number of hydrogen-bond donors (Lipinski definition) is 0. The summed E-state index contributed by atoms with van der Waals surface area (Å²) in [4.78, 5) is 13.7. The van der Waals surface area contributed by atoms with E-state index in [4.69, 9.17) is 0 Å². The van der Waals surface area contributed by atoms with E-state index in [1.807, 2.05) is 6.08 Å². The van der Waals surface area contributed by atoms with Crippen LogP contribution in [0, 0.1) is 22.9 Å². The van der Waals surface area contributed by atoms with E-state index < -0.39 is 23.4 Å². The van der Waals surface area contributed by atoms with Crippen LogP contribution in [0.3, 0.4) is 0 Å². The summed E-state index contributed by atoms with van der Waals surface area (Å²) in [5.74, 6) is -4.74. The van der Waals surface area contributed by atoms with Gasteiger partial charge >= 0.3 is 0 Å². The van der Waals surface area contributed by atoms with Gasteiger partial charge in [-0.1, -0.05) is 32.4 Å². The second-order valence-corrected chi connectivity index (χ2v) is 6.23. The molecule has 5 heteroatoms. The standard InChI is InChI=1S/C16H18F3NO/c1-16(2,3)11-4-6-20(7-5-11)15(21)10-8-12(17)14(19)13(18)9-10/h4,8-9H,5-7H2,1-3H3. The second-order valence-electron chi connectivity index (χ2n) is 6.23. The van der Waals surface area contributed by atoms with E-state index in [0.717, 1.165) is 18.6 Å². The normalized spacial score (nSPS) is 15.9. The summed E-state index contributed by atoms with van der Waals surface area (Å²) in [6, 6.07) is 1.48. The van der Waals surface area contributed by atoms with Crippen molar-refractivity contribution in [3.63, 3.8) is 0 Å². The largest absolute Gasteiger partial charge is 0.335 e. The molecule has 1 aromatic rings. The van der Waals surface area contributed by atoms with Gasteiger partial charge in [0.1, 0.15) is 0 Å². The molecule has 0 atom stereocenters. The quantitative estimate of drug-likeness (QED) is 0.568. The molecule has 0 N–H and O–H groups in total. The summed E-state index contributed by atoms with van der Waals surface area (Å²) < 4.78 is 39.3. The Morgan fingerprint density at radius 3 is 2.14 bits per heavy atom. The SMILES string of the molecule is CC(C)(C)C1=CCN(C(=O)c2cc(F)c(F)c(F)c2)CC1. The van der Waals surface area contributed by atoms with Gasteiger partial charge in [-0.3, -0.25) is 4.79 Å². The smallest absolute Gasteiger partial charge is 0.254 e. The molecule has 1 aliphatic heterocycles. The molecule has 2 nitrogen and oxygen atoms in total. The molecule has 0 unspecified atom stereocenters. The summed E-state index contributed by atoms with van der Waals surface area (Å²) >= 11 is 0. The fraction of sp³-hybridized carbons (Fsp3) is 0.438. The number of amides is 1. The van der Waals surface area contributed by atoms with Crippen molar-refractivity contribution >= 4 is 5.91 Å². The number of hydrogen-bond acceptors (Lipinski definition) is 1. The lowest BCUT2D eigenvalue weighted by atomic mass is 9.83. The zero-order valence-corrected chi connectivity index (χ0v) is 12.3. The highest BCUT2D eigenvalue weighted by atomic mass is 19.2. The highest BCUT2D eigenvalue weighted by Gasteiger charge is 2.25. The zero-order valence-electron chi connectivity index (χ0n) is 12.3. The Morgan fingerprint density at radius 1 is 1.14 bits per heavy atom. The second kappa shape index (κ2) is 5.54. The van der Waals surface area contributed by atoms with Crippen molar-refractivity contribution in [3.05, 3.63) is 46.8 Å². The van der Waals surface area contributed by atoms with E-state index in [9.17, 15) is 18.0 Å². The Kier molecular flexibility index (Phi) is 4.12. The first-order chi connectivity index (χ1) is 9.70. The Hall–Kier alpha value is -1.78. The van der Waals surface area contributed by atoms with Crippen molar-refractivity contribution in [1.29, 1.82) is 0 Å². The van der Waals surface area contributed by atoms with Crippen LogP contribution >= 0.6 is 0 Å². The molecule has 21 heavy (non-hydrogen) atoms. The maximum atomic E-state index is 13.2. The molecular formula is C16H18F3NO. The number of carbonyl (C=O) groups is 1. The van der Waals surface area contributed by atoms with E-state index >= 15 is 0 Å². The van der Waals surface area contributed by atoms with E-state index in [1.165, 1.54) is 10.5 Å². The minimum atomic E-state index is -1.56. The van der Waals surface area contributed by atoms with Gasteiger partial charge in [-0.2, -0.15) is 0 Å². The first-order valence-electron chi connectivity index (χ1n) is 6.83. The molecule has 0 aliphatic carbocycles. The van der Waals surface area contributed by atoms with Crippen LogP contribution in [0.25, 0.3) is 0 Å². The third-order valence-electron chi connectivity index (χ3n) is 3.69. The van der Waals surface area contributed by atoms with Crippen LogP contribution in [0.1, 0.15) is 37.6 Å². The number of rotatable bonds is 1. The maximum absolute atomic E-state index is 13.2. The van der Waals surface area contributed by atoms with Crippen molar-refractivity contribution in [3.8, 4) is 0 Å². The van der Waals surface area contributed by atoms with E-state index in [-0.39, 0.29) is 11.0 Å². The lowest BCUT2D eigenvalue weighted by Gasteiger charge is -2.32. The zero-order chi connectivity index (χ0) is 15.8. The van der Waals surface area contributed by atoms with Crippen LogP contribution in [-0.4, -0.2) is 23.9 Å². The van der Waals surface area contributed by atoms with Crippen molar-refractivity contribution in [1.82, 2.24) is 4.90 Å². The van der Waals surface area contributed by atoms with Crippen LogP contribution in [0.15, 0.2) is 23.8 Å². The highest BCUT2D eigenvalue weighted by Crippen LogP contribution is 2.30. The fourth-order valence-electron chi connectivity index (χ4n) is 2.40. The Morgan fingerprint density at radius 2 is 1.71 bits per heavy atom. The average Bonchev–Trinajstić information content (AvgIpc) is 2.42. The van der Waals surface area contributed by atoms with Gasteiger partial charge in [0, 0.05) is 18.7 Å². The summed E-state index contributed by atoms with van der Waals surface area (Å²) in [6.45, 7) is 7.18. The Balaban J connectivity index is 2.18. The number of nitrogens with zero attached hydrogens (tertiary/aromatic N) is 1. The van der Waals surface area contributed by atoms with Gasteiger partial charge in [-0.15, -0.1) is 0 Å². The molecule has 0 saturated carbocycles. The minimum Gasteiger partial charge on any atom is -0.335 e. The lowest BCUT2D eigenvalue weighted by molar-refractivity contribution is 0.0763. The minimum absolute atomic E-state index is 0.0449. The molecule has 0 fully saturated rings. The molecule has 1 amide bonds. The van der Waals surface area contributed by atoms with E-state index in [1.54, 1.807) is 0 Å².